The Morgan fingerprint density at radius 3 is 2.69 bits per heavy atom. The van der Waals surface area contributed by atoms with E-state index in [0.717, 1.165) is 11.0 Å². The minimum Gasteiger partial charge on any atom is -0.301 e. The molecule has 0 aromatic carbocycles. The van der Waals surface area contributed by atoms with Crippen LogP contribution in [0.4, 0.5) is 0 Å². The van der Waals surface area contributed by atoms with Gasteiger partial charge in [0.15, 0.2) is 0 Å². The second-order valence-corrected chi connectivity index (χ2v) is 7.50. The Hall–Kier alpha value is 0.660. The highest BCUT2D eigenvalue weighted by molar-refractivity contribution is 7.99. The molecule has 1 unspecified atom stereocenters. The van der Waals surface area contributed by atoms with Gasteiger partial charge in [-0.3, -0.25) is 0 Å². The van der Waals surface area contributed by atoms with Gasteiger partial charge in [-0.15, -0.1) is 0 Å². The quantitative estimate of drug-likeness (QED) is 0.775. The minimum absolute atomic E-state index is 0.545. The molecule has 0 N–H and O–H groups in total. The Morgan fingerprint density at radius 1 is 1.31 bits per heavy atom. The summed E-state index contributed by atoms with van der Waals surface area (Å²) in [7, 11) is 0. The molecular weight excluding hydrogens is 234 g/mol. The van der Waals surface area contributed by atoms with Crippen molar-refractivity contribution in [2.24, 2.45) is 5.41 Å². The number of hydrogen-bond acceptors (Lipinski definition) is 3. The normalized spacial score (nSPS) is 31.5. The van der Waals surface area contributed by atoms with E-state index in [1.165, 1.54) is 57.5 Å². The fraction of sp³-hybridized carbons (Fsp3) is 1.00. The first kappa shape index (κ1) is 13.1. The molecule has 2 rings (SSSR count). The van der Waals surface area contributed by atoms with Crippen molar-refractivity contribution in [3.8, 4) is 0 Å². The Morgan fingerprint density at radius 2 is 2.06 bits per heavy atom. The van der Waals surface area contributed by atoms with Crippen LogP contribution in [0.3, 0.4) is 0 Å². The van der Waals surface area contributed by atoms with Crippen molar-refractivity contribution < 1.29 is 0 Å². The lowest BCUT2D eigenvalue weighted by Crippen LogP contribution is -2.45. The summed E-state index contributed by atoms with van der Waals surface area (Å²) in [6, 6.07) is 0. The third-order valence-electron chi connectivity index (χ3n) is 4.13. The summed E-state index contributed by atoms with van der Waals surface area (Å²) in [5.41, 5.74) is 0.545. The lowest BCUT2D eigenvalue weighted by atomic mass is 9.75. The molecule has 16 heavy (non-hydrogen) atoms. The zero-order valence-corrected chi connectivity index (χ0v) is 12.2. The highest BCUT2D eigenvalue weighted by atomic mass is 32.2. The van der Waals surface area contributed by atoms with Gasteiger partial charge in [-0.1, -0.05) is 26.2 Å². The zero-order chi connectivity index (χ0) is 11.4. The highest BCUT2D eigenvalue weighted by Crippen LogP contribution is 2.38. The molecular formula is C13H25NS2. The van der Waals surface area contributed by atoms with Crippen molar-refractivity contribution in [2.45, 2.75) is 44.3 Å². The maximum atomic E-state index is 4.64. The van der Waals surface area contributed by atoms with Gasteiger partial charge in [0.05, 0.1) is 0 Å². The van der Waals surface area contributed by atoms with E-state index in [4.69, 9.17) is 0 Å². The highest BCUT2D eigenvalue weighted by Gasteiger charge is 2.33. The molecule has 1 saturated carbocycles. The second-order valence-electron chi connectivity index (χ2n) is 5.64. The van der Waals surface area contributed by atoms with Crippen LogP contribution in [0.15, 0.2) is 0 Å². The molecule has 0 aromatic rings. The van der Waals surface area contributed by atoms with Crippen molar-refractivity contribution >= 4 is 24.4 Å². The Bertz CT molecular complexity index is 214. The molecule has 1 aliphatic heterocycles. The fourth-order valence-electron chi connectivity index (χ4n) is 3.18. The molecule has 3 heteroatoms. The van der Waals surface area contributed by atoms with Gasteiger partial charge < -0.3 is 4.90 Å². The van der Waals surface area contributed by atoms with Crippen LogP contribution < -0.4 is 0 Å². The Balaban J connectivity index is 1.89. The summed E-state index contributed by atoms with van der Waals surface area (Å²) in [6.07, 6.45) is 7.13. The van der Waals surface area contributed by atoms with Crippen LogP contribution >= 0.6 is 24.4 Å². The predicted molar refractivity (Wildman–Crippen MR) is 77.7 cm³/mol. The van der Waals surface area contributed by atoms with Crippen LogP contribution in [0, 0.1) is 5.41 Å². The topological polar surface area (TPSA) is 3.24 Å². The maximum absolute atomic E-state index is 4.64. The average molecular weight is 259 g/mol. The molecule has 94 valence electrons. The van der Waals surface area contributed by atoms with E-state index in [9.17, 15) is 0 Å². The van der Waals surface area contributed by atoms with E-state index in [2.05, 4.69) is 36.2 Å². The Labute approximate surface area is 110 Å². The predicted octanol–water partition coefficient (Wildman–Crippen LogP) is 3.30. The zero-order valence-electron chi connectivity index (χ0n) is 10.5. The first-order valence-electron chi connectivity index (χ1n) is 6.69. The summed E-state index contributed by atoms with van der Waals surface area (Å²) in [5, 5.41) is 0.828. The van der Waals surface area contributed by atoms with E-state index in [-0.39, 0.29) is 0 Å². The molecule has 1 nitrogen and oxygen atoms in total. The van der Waals surface area contributed by atoms with Gasteiger partial charge in [0.1, 0.15) is 0 Å². The van der Waals surface area contributed by atoms with E-state index < -0.39 is 0 Å². The maximum Gasteiger partial charge on any atom is 0.0147 e. The lowest BCUT2D eigenvalue weighted by Gasteiger charge is -2.42. The third-order valence-corrected chi connectivity index (χ3v) is 5.94. The van der Waals surface area contributed by atoms with Crippen molar-refractivity contribution in [1.29, 1.82) is 0 Å². The van der Waals surface area contributed by atoms with Crippen LogP contribution in [-0.2, 0) is 0 Å². The van der Waals surface area contributed by atoms with Crippen LogP contribution in [0.1, 0.15) is 39.0 Å². The monoisotopic (exact) mass is 259 g/mol. The van der Waals surface area contributed by atoms with Gasteiger partial charge in [-0.05, 0) is 24.0 Å². The number of nitrogens with zero attached hydrogens (tertiary/aromatic N) is 1. The Kier molecular flexibility index (Phi) is 4.92. The smallest absolute Gasteiger partial charge is 0.0147 e. The van der Waals surface area contributed by atoms with E-state index in [1.807, 2.05) is 0 Å². The van der Waals surface area contributed by atoms with Gasteiger partial charge in [0.2, 0.25) is 0 Å². The van der Waals surface area contributed by atoms with Gasteiger partial charge in [-0.2, -0.15) is 24.4 Å². The number of thiol groups is 1. The summed E-state index contributed by atoms with van der Waals surface area (Å²) in [4.78, 5) is 2.70. The number of thioether (sulfide) groups is 1. The first-order chi connectivity index (χ1) is 7.74. The molecule has 1 atom stereocenters. The molecule has 0 bridgehead atoms. The third kappa shape index (κ3) is 3.33. The van der Waals surface area contributed by atoms with Crippen molar-refractivity contribution in [1.82, 2.24) is 4.90 Å². The summed E-state index contributed by atoms with van der Waals surface area (Å²) in [6.45, 7) is 6.26. The van der Waals surface area contributed by atoms with Gasteiger partial charge >= 0.3 is 0 Å². The second kappa shape index (κ2) is 6.01. The number of rotatable bonds is 3. The van der Waals surface area contributed by atoms with Crippen LogP contribution in [0.25, 0.3) is 0 Å². The SMILES string of the molecule is CC1CN(CC2(CS)CCCCC2)CCS1. The van der Waals surface area contributed by atoms with Gasteiger partial charge in [-0.25, -0.2) is 0 Å². The van der Waals surface area contributed by atoms with Crippen LogP contribution in [0.2, 0.25) is 0 Å². The van der Waals surface area contributed by atoms with E-state index in [1.54, 1.807) is 0 Å². The van der Waals surface area contributed by atoms with Crippen molar-refractivity contribution in [3.63, 3.8) is 0 Å². The van der Waals surface area contributed by atoms with E-state index >= 15 is 0 Å². The summed E-state index contributed by atoms with van der Waals surface area (Å²) >= 11 is 6.77. The van der Waals surface area contributed by atoms with Crippen molar-refractivity contribution in [2.75, 3.05) is 31.1 Å². The van der Waals surface area contributed by atoms with Gasteiger partial charge in [0.25, 0.3) is 0 Å². The molecule has 0 aromatic heterocycles. The minimum atomic E-state index is 0.545. The fourth-order valence-corrected chi connectivity index (χ4v) is 4.67. The summed E-state index contributed by atoms with van der Waals surface area (Å²) < 4.78 is 0. The summed E-state index contributed by atoms with van der Waals surface area (Å²) in [5.74, 6) is 2.41. The largest absolute Gasteiger partial charge is 0.301 e. The van der Waals surface area contributed by atoms with Gasteiger partial charge in [0, 0.05) is 30.6 Å². The molecule has 1 aliphatic carbocycles. The molecule has 1 saturated heterocycles. The van der Waals surface area contributed by atoms with E-state index in [0.29, 0.717) is 5.41 Å². The average Bonchev–Trinajstić information content (AvgIpc) is 2.30. The number of hydrogen-bond donors (Lipinski definition) is 1. The standard InChI is InChI=1S/C13H25NS2/c1-12-9-14(7-8-16-12)10-13(11-15)5-3-2-4-6-13/h12,15H,2-11H2,1H3. The molecule has 0 spiro atoms. The molecule has 2 aliphatic rings. The van der Waals surface area contributed by atoms with Crippen molar-refractivity contribution in [3.05, 3.63) is 0 Å². The first-order valence-corrected chi connectivity index (χ1v) is 8.37. The molecule has 0 radical (unpaired) electrons. The molecule has 0 amide bonds. The van der Waals surface area contributed by atoms with Crippen LogP contribution in [-0.4, -0.2) is 41.3 Å². The van der Waals surface area contributed by atoms with Crippen LogP contribution in [0.5, 0.6) is 0 Å². The molecule has 1 heterocycles. The molecule has 2 fully saturated rings. The lowest BCUT2D eigenvalue weighted by molar-refractivity contribution is 0.129.